The van der Waals surface area contributed by atoms with Crippen LogP contribution in [0.2, 0.25) is 0 Å². The highest BCUT2D eigenvalue weighted by Gasteiger charge is 2.41. The van der Waals surface area contributed by atoms with E-state index in [2.05, 4.69) is 33.3 Å². The first-order chi connectivity index (χ1) is 15.3. The summed E-state index contributed by atoms with van der Waals surface area (Å²) >= 11 is 0. The number of para-hydroxylation sites is 1. The molecule has 3 heterocycles. The predicted octanol–water partition coefficient (Wildman–Crippen LogP) is 4.10. The highest BCUT2D eigenvalue weighted by atomic mass is 16.5. The van der Waals surface area contributed by atoms with Crippen molar-refractivity contribution in [2.75, 3.05) is 20.3 Å². The van der Waals surface area contributed by atoms with E-state index in [-0.39, 0.29) is 0 Å². The van der Waals surface area contributed by atoms with Crippen molar-refractivity contribution < 1.29 is 14.3 Å². The zero-order chi connectivity index (χ0) is 21.2. The highest BCUT2D eigenvalue weighted by Crippen LogP contribution is 2.43. The van der Waals surface area contributed by atoms with E-state index in [0.29, 0.717) is 36.8 Å². The fourth-order valence-electron chi connectivity index (χ4n) is 5.48. The molecule has 0 amide bonds. The lowest BCUT2D eigenvalue weighted by Gasteiger charge is -2.38. The van der Waals surface area contributed by atoms with Crippen molar-refractivity contribution >= 4 is 17.2 Å². The van der Waals surface area contributed by atoms with Gasteiger partial charge in [-0.25, -0.2) is 0 Å². The minimum absolute atomic E-state index is 0.389. The molecule has 2 aliphatic heterocycles. The van der Waals surface area contributed by atoms with Crippen LogP contribution in [-0.4, -0.2) is 53.7 Å². The summed E-state index contributed by atoms with van der Waals surface area (Å²) in [6.45, 7) is 1.55. The molecule has 2 aromatic carbocycles. The Kier molecular flexibility index (Phi) is 5.64. The van der Waals surface area contributed by atoms with Crippen LogP contribution in [0.4, 0.5) is 0 Å². The topological polar surface area (TPSA) is 67.5 Å². The van der Waals surface area contributed by atoms with Gasteiger partial charge in [-0.1, -0.05) is 24.3 Å². The zero-order valence-electron chi connectivity index (χ0n) is 17.9. The quantitative estimate of drug-likeness (QED) is 0.557. The number of hydrogen-bond acceptors (Lipinski definition) is 5. The van der Waals surface area contributed by atoms with Gasteiger partial charge in [-0.15, -0.1) is 0 Å². The van der Waals surface area contributed by atoms with E-state index in [1.807, 2.05) is 24.3 Å². The fourth-order valence-corrected chi connectivity index (χ4v) is 5.48. The maximum absolute atomic E-state index is 10.8. The standard InChI is InChI=1S/C25H29N3O3/c1-30-24-14-17(10-12-29)6-9-23(24)31-13-11-28-19-7-8-20(28)16-18(15-19)25-21-4-2-3-5-22(21)26-27-25/h2-6,9,12,14,18-20H,7-8,10-11,13,15-16H2,1H3,(H,26,27). The first-order valence-electron chi connectivity index (χ1n) is 11.2. The SMILES string of the molecule is COc1cc(CC=O)ccc1OCCN1C2CCC1CC(c1[nH]nc3ccccc13)C2. The number of aromatic amines is 1. The maximum Gasteiger partial charge on any atom is 0.161 e. The number of methoxy groups -OCH3 is 1. The molecule has 1 aromatic heterocycles. The van der Waals surface area contributed by atoms with Gasteiger partial charge in [0.25, 0.3) is 0 Å². The van der Waals surface area contributed by atoms with E-state index in [1.54, 1.807) is 7.11 Å². The average molecular weight is 420 g/mol. The van der Waals surface area contributed by atoms with Crippen LogP contribution in [0.3, 0.4) is 0 Å². The zero-order valence-corrected chi connectivity index (χ0v) is 17.9. The fraction of sp³-hybridized carbons (Fsp3) is 0.440. The molecule has 0 radical (unpaired) electrons. The normalized spacial score (nSPS) is 23.2. The maximum atomic E-state index is 10.8. The van der Waals surface area contributed by atoms with E-state index >= 15 is 0 Å². The van der Waals surface area contributed by atoms with Gasteiger partial charge in [-0.05, 0) is 49.4 Å². The smallest absolute Gasteiger partial charge is 0.161 e. The number of hydrogen-bond donors (Lipinski definition) is 1. The Morgan fingerprint density at radius 1 is 1.13 bits per heavy atom. The van der Waals surface area contributed by atoms with E-state index in [1.165, 1.54) is 36.8 Å². The molecule has 2 fully saturated rings. The van der Waals surface area contributed by atoms with Crippen molar-refractivity contribution in [1.29, 1.82) is 0 Å². The first-order valence-corrected chi connectivity index (χ1v) is 11.2. The third-order valence-electron chi connectivity index (χ3n) is 6.94. The van der Waals surface area contributed by atoms with Crippen molar-refractivity contribution in [1.82, 2.24) is 15.1 Å². The number of rotatable bonds is 8. The molecule has 0 aliphatic carbocycles. The van der Waals surface area contributed by atoms with Gasteiger partial charge in [0, 0.05) is 42.0 Å². The van der Waals surface area contributed by atoms with Gasteiger partial charge in [-0.3, -0.25) is 10.00 Å². The molecule has 6 heteroatoms. The summed E-state index contributed by atoms with van der Waals surface area (Å²) in [4.78, 5) is 13.4. The van der Waals surface area contributed by atoms with Crippen LogP contribution >= 0.6 is 0 Å². The molecule has 1 N–H and O–H groups in total. The third kappa shape index (κ3) is 3.92. The average Bonchev–Trinajstić information content (AvgIpc) is 3.32. The molecule has 6 nitrogen and oxygen atoms in total. The largest absolute Gasteiger partial charge is 0.493 e. The van der Waals surface area contributed by atoms with E-state index in [0.717, 1.165) is 29.7 Å². The van der Waals surface area contributed by atoms with Gasteiger partial charge in [0.05, 0.1) is 12.6 Å². The molecule has 5 rings (SSSR count). The summed E-state index contributed by atoms with van der Waals surface area (Å²) in [6, 6.07) is 15.3. The summed E-state index contributed by atoms with van der Waals surface area (Å²) in [7, 11) is 1.64. The van der Waals surface area contributed by atoms with Crippen LogP contribution in [0.15, 0.2) is 42.5 Å². The minimum atomic E-state index is 0.389. The van der Waals surface area contributed by atoms with E-state index in [9.17, 15) is 4.79 Å². The van der Waals surface area contributed by atoms with Crippen molar-refractivity contribution in [2.24, 2.45) is 0 Å². The van der Waals surface area contributed by atoms with E-state index < -0.39 is 0 Å². The first kappa shape index (κ1) is 20.1. The van der Waals surface area contributed by atoms with Crippen LogP contribution in [-0.2, 0) is 11.2 Å². The molecule has 0 saturated carbocycles. The number of carbonyl (C=O) groups is 1. The Balaban J connectivity index is 1.21. The van der Waals surface area contributed by atoms with Gasteiger partial charge in [0.2, 0.25) is 0 Å². The summed E-state index contributed by atoms with van der Waals surface area (Å²) in [5.41, 5.74) is 3.31. The van der Waals surface area contributed by atoms with Crippen molar-refractivity contribution in [3.05, 3.63) is 53.7 Å². The number of nitrogens with zero attached hydrogens (tertiary/aromatic N) is 2. The van der Waals surface area contributed by atoms with Crippen LogP contribution in [0, 0.1) is 0 Å². The second-order valence-corrected chi connectivity index (χ2v) is 8.65. The Morgan fingerprint density at radius 2 is 1.94 bits per heavy atom. The Morgan fingerprint density at radius 3 is 2.71 bits per heavy atom. The highest BCUT2D eigenvalue weighted by molar-refractivity contribution is 5.81. The van der Waals surface area contributed by atoms with Crippen LogP contribution in [0.25, 0.3) is 10.9 Å². The number of H-pyrrole nitrogens is 1. The number of fused-ring (bicyclic) bond motifs is 3. The molecular weight excluding hydrogens is 390 g/mol. The lowest BCUT2D eigenvalue weighted by atomic mass is 9.87. The number of benzene rings is 2. The van der Waals surface area contributed by atoms with Crippen molar-refractivity contribution in [3.8, 4) is 11.5 Å². The second kappa shape index (κ2) is 8.71. The Bertz CT molecular complexity index is 1050. The van der Waals surface area contributed by atoms with E-state index in [4.69, 9.17) is 9.47 Å². The van der Waals surface area contributed by atoms with Gasteiger partial charge in [-0.2, -0.15) is 5.10 Å². The second-order valence-electron chi connectivity index (χ2n) is 8.65. The van der Waals surface area contributed by atoms with Crippen LogP contribution in [0.5, 0.6) is 11.5 Å². The monoisotopic (exact) mass is 419 g/mol. The third-order valence-corrected chi connectivity index (χ3v) is 6.94. The number of piperidine rings is 1. The summed E-state index contributed by atoms with van der Waals surface area (Å²) in [5.74, 6) is 1.97. The van der Waals surface area contributed by atoms with Crippen LogP contribution in [0.1, 0.15) is 42.9 Å². The number of carbonyl (C=O) groups excluding carboxylic acids is 1. The number of nitrogens with one attached hydrogen (secondary N) is 1. The molecule has 2 atom stereocenters. The molecule has 2 bridgehead atoms. The molecule has 31 heavy (non-hydrogen) atoms. The van der Waals surface area contributed by atoms with Crippen LogP contribution < -0.4 is 9.47 Å². The molecule has 2 saturated heterocycles. The number of aldehydes is 1. The summed E-state index contributed by atoms with van der Waals surface area (Å²) < 4.78 is 11.5. The molecular formula is C25H29N3O3. The predicted molar refractivity (Wildman–Crippen MR) is 120 cm³/mol. The molecule has 2 unspecified atom stereocenters. The molecule has 3 aromatic rings. The van der Waals surface area contributed by atoms with Gasteiger partial charge < -0.3 is 14.3 Å². The lowest BCUT2D eigenvalue weighted by molar-refractivity contribution is -0.107. The summed E-state index contributed by atoms with van der Waals surface area (Å²) in [5, 5.41) is 9.11. The summed E-state index contributed by atoms with van der Waals surface area (Å²) in [6.07, 6.45) is 6.16. The Hall–Kier alpha value is -2.86. The molecule has 162 valence electrons. The number of aromatic nitrogens is 2. The minimum Gasteiger partial charge on any atom is -0.493 e. The lowest BCUT2D eigenvalue weighted by Crippen LogP contribution is -2.44. The van der Waals surface area contributed by atoms with Gasteiger partial charge >= 0.3 is 0 Å². The van der Waals surface area contributed by atoms with Crippen molar-refractivity contribution in [2.45, 2.75) is 50.1 Å². The van der Waals surface area contributed by atoms with Crippen molar-refractivity contribution in [3.63, 3.8) is 0 Å². The van der Waals surface area contributed by atoms with Gasteiger partial charge in [0.1, 0.15) is 12.9 Å². The Labute approximate surface area is 182 Å². The molecule has 2 aliphatic rings. The van der Waals surface area contributed by atoms with Gasteiger partial charge in [0.15, 0.2) is 11.5 Å². The molecule has 0 spiro atoms. The number of ether oxygens (including phenoxy) is 2.